The predicted octanol–water partition coefficient (Wildman–Crippen LogP) is 3.10. The predicted molar refractivity (Wildman–Crippen MR) is 69.8 cm³/mol. The van der Waals surface area contributed by atoms with Crippen LogP contribution < -0.4 is 0 Å². The average Bonchev–Trinajstić information content (AvgIpc) is 2.57. The van der Waals surface area contributed by atoms with E-state index < -0.39 is 0 Å². The van der Waals surface area contributed by atoms with E-state index in [0.29, 0.717) is 0 Å². The number of rotatable bonds is 1. The van der Waals surface area contributed by atoms with Crippen LogP contribution in [0.3, 0.4) is 0 Å². The quantitative estimate of drug-likeness (QED) is 0.620. The van der Waals surface area contributed by atoms with Crippen molar-refractivity contribution >= 4 is 5.71 Å². The fraction of sp³-hybridized carbons (Fsp3) is 0.786. The Bertz CT molecular complexity index is 344. The van der Waals surface area contributed by atoms with Crippen molar-refractivity contribution in [2.24, 2.45) is 16.3 Å². The molecule has 1 fully saturated rings. The molecule has 2 bridgehead atoms. The standard InChI is InChI=1S/C14H24N2/c1-10-12-6-7-16(8-12)9-13(10)15-11(2)14(3,4)5/h12H,6-9H2,1-5H3. The van der Waals surface area contributed by atoms with Crippen molar-refractivity contribution in [2.45, 2.75) is 41.0 Å². The molecule has 2 aliphatic heterocycles. The van der Waals surface area contributed by atoms with Gasteiger partial charge in [0.05, 0.1) is 5.70 Å². The highest BCUT2D eigenvalue weighted by Gasteiger charge is 2.31. The summed E-state index contributed by atoms with van der Waals surface area (Å²) in [6.45, 7) is 14.7. The van der Waals surface area contributed by atoms with E-state index in [4.69, 9.17) is 4.99 Å². The molecule has 0 saturated carbocycles. The molecule has 2 unspecified atom stereocenters. The SMILES string of the molecule is CC(=NC1=C(C)C2CCN(C1)C2)C(C)(C)C. The van der Waals surface area contributed by atoms with Crippen LogP contribution >= 0.6 is 0 Å². The lowest BCUT2D eigenvalue weighted by atomic mass is 9.90. The van der Waals surface area contributed by atoms with Crippen molar-refractivity contribution < 1.29 is 0 Å². The fourth-order valence-electron chi connectivity index (χ4n) is 2.40. The van der Waals surface area contributed by atoms with Gasteiger partial charge in [-0.25, -0.2) is 0 Å². The van der Waals surface area contributed by atoms with Gasteiger partial charge in [0.1, 0.15) is 0 Å². The summed E-state index contributed by atoms with van der Waals surface area (Å²) >= 11 is 0. The third kappa shape index (κ3) is 2.22. The van der Waals surface area contributed by atoms with Gasteiger partial charge in [-0.2, -0.15) is 0 Å². The zero-order valence-electron chi connectivity index (χ0n) is 11.3. The molecular weight excluding hydrogens is 196 g/mol. The van der Waals surface area contributed by atoms with Gasteiger partial charge in [0.25, 0.3) is 0 Å². The van der Waals surface area contributed by atoms with Crippen molar-refractivity contribution in [3.05, 3.63) is 11.3 Å². The first-order chi connectivity index (χ1) is 7.38. The largest absolute Gasteiger partial charge is 0.297 e. The van der Waals surface area contributed by atoms with Gasteiger partial charge in [-0.05, 0) is 43.7 Å². The zero-order valence-corrected chi connectivity index (χ0v) is 11.3. The van der Waals surface area contributed by atoms with Gasteiger partial charge in [0.2, 0.25) is 0 Å². The third-order valence-electron chi connectivity index (χ3n) is 4.10. The maximum absolute atomic E-state index is 4.88. The molecule has 0 aromatic heterocycles. The van der Waals surface area contributed by atoms with E-state index in [1.54, 1.807) is 0 Å². The second kappa shape index (κ2) is 3.99. The van der Waals surface area contributed by atoms with E-state index in [2.05, 4.69) is 39.5 Å². The Morgan fingerprint density at radius 1 is 1.38 bits per heavy atom. The van der Waals surface area contributed by atoms with Gasteiger partial charge < -0.3 is 0 Å². The average molecular weight is 220 g/mol. The van der Waals surface area contributed by atoms with Crippen molar-refractivity contribution in [1.29, 1.82) is 0 Å². The van der Waals surface area contributed by atoms with E-state index in [0.717, 1.165) is 12.5 Å². The number of hydrogen-bond acceptors (Lipinski definition) is 2. The Balaban J connectivity index is 2.25. The number of hydrogen-bond donors (Lipinski definition) is 0. The van der Waals surface area contributed by atoms with E-state index in [-0.39, 0.29) is 5.41 Å². The first kappa shape index (κ1) is 11.8. The number of nitrogens with zero attached hydrogens (tertiary/aromatic N) is 2. The Morgan fingerprint density at radius 2 is 2.06 bits per heavy atom. The topological polar surface area (TPSA) is 15.6 Å². The molecule has 0 amide bonds. The molecular formula is C14H24N2. The fourth-order valence-corrected chi connectivity index (χ4v) is 2.40. The van der Waals surface area contributed by atoms with Crippen molar-refractivity contribution in [1.82, 2.24) is 4.90 Å². The Morgan fingerprint density at radius 3 is 2.69 bits per heavy atom. The first-order valence-corrected chi connectivity index (χ1v) is 6.35. The van der Waals surface area contributed by atoms with Crippen LogP contribution in [0.2, 0.25) is 0 Å². The molecule has 0 aromatic carbocycles. The van der Waals surface area contributed by atoms with E-state index in [9.17, 15) is 0 Å². The minimum atomic E-state index is 0.194. The van der Waals surface area contributed by atoms with Crippen LogP contribution in [0.4, 0.5) is 0 Å². The summed E-state index contributed by atoms with van der Waals surface area (Å²) in [7, 11) is 0. The van der Waals surface area contributed by atoms with Crippen molar-refractivity contribution in [3.8, 4) is 0 Å². The van der Waals surface area contributed by atoms with Crippen molar-refractivity contribution in [3.63, 3.8) is 0 Å². The van der Waals surface area contributed by atoms with Crippen LogP contribution in [0.25, 0.3) is 0 Å². The maximum Gasteiger partial charge on any atom is 0.0535 e. The molecule has 2 nitrogen and oxygen atoms in total. The van der Waals surface area contributed by atoms with Crippen molar-refractivity contribution in [2.75, 3.05) is 19.6 Å². The second-order valence-electron chi connectivity index (χ2n) is 6.30. The van der Waals surface area contributed by atoms with Gasteiger partial charge in [-0.15, -0.1) is 0 Å². The van der Waals surface area contributed by atoms with E-state index in [1.165, 1.54) is 36.5 Å². The van der Waals surface area contributed by atoms with Crippen LogP contribution in [0.15, 0.2) is 16.3 Å². The van der Waals surface area contributed by atoms with Crippen LogP contribution in [-0.2, 0) is 0 Å². The van der Waals surface area contributed by atoms with Crippen LogP contribution in [0.5, 0.6) is 0 Å². The minimum absolute atomic E-state index is 0.194. The van der Waals surface area contributed by atoms with Gasteiger partial charge in [-0.1, -0.05) is 20.8 Å². The highest BCUT2D eigenvalue weighted by atomic mass is 15.2. The summed E-state index contributed by atoms with van der Waals surface area (Å²) in [4.78, 5) is 7.42. The molecule has 0 aliphatic carbocycles. The van der Waals surface area contributed by atoms with Gasteiger partial charge in [0.15, 0.2) is 0 Å². The lowest BCUT2D eigenvalue weighted by Gasteiger charge is -2.26. The van der Waals surface area contributed by atoms with E-state index >= 15 is 0 Å². The molecule has 0 spiro atoms. The zero-order chi connectivity index (χ0) is 11.9. The summed E-state index contributed by atoms with van der Waals surface area (Å²) in [6, 6.07) is 0. The summed E-state index contributed by atoms with van der Waals surface area (Å²) in [6.07, 6.45) is 1.33. The van der Waals surface area contributed by atoms with Gasteiger partial charge in [0, 0.05) is 18.8 Å². The molecule has 2 heterocycles. The molecule has 2 rings (SSSR count). The molecule has 2 aliphatic rings. The normalized spacial score (nSPS) is 31.2. The van der Waals surface area contributed by atoms with Crippen LogP contribution in [-0.4, -0.2) is 30.2 Å². The maximum atomic E-state index is 4.88. The molecule has 2 atom stereocenters. The number of fused-ring (bicyclic) bond motifs is 2. The highest BCUT2D eigenvalue weighted by molar-refractivity contribution is 5.87. The summed E-state index contributed by atoms with van der Waals surface area (Å²) in [5.74, 6) is 0.778. The monoisotopic (exact) mass is 220 g/mol. The summed E-state index contributed by atoms with van der Waals surface area (Å²) in [5.41, 5.74) is 4.32. The highest BCUT2D eigenvalue weighted by Crippen LogP contribution is 2.32. The van der Waals surface area contributed by atoms with Gasteiger partial charge >= 0.3 is 0 Å². The summed E-state index contributed by atoms with van der Waals surface area (Å²) in [5, 5.41) is 0. The lowest BCUT2D eigenvalue weighted by molar-refractivity contribution is 0.340. The van der Waals surface area contributed by atoms with Crippen LogP contribution in [0.1, 0.15) is 41.0 Å². The summed E-state index contributed by atoms with van der Waals surface area (Å²) < 4.78 is 0. The van der Waals surface area contributed by atoms with Crippen LogP contribution in [0, 0.1) is 11.3 Å². The Hall–Kier alpha value is -0.630. The molecule has 0 radical (unpaired) electrons. The lowest BCUT2D eigenvalue weighted by Crippen LogP contribution is -2.29. The molecule has 0 aromatic rings. The van der Waals surface area contributed by atoms with E-state index in [1.807, 2.05) is 0 Å². The number of aliphatic imine (C=N–C) groups is 1. The van der Waals surface area contributed by atoms with Gasteiger partial charge in [-0.3, -0.25) is 9.89 Å². The first-order valence-electron chi connectivity index (χ1n) is 6.35. The Kier molecular flexibility index (Phi) is 2.95. The Labute approximate surface area is 99.4 Å². The molecule has 0 N–H and O–H groups in total. The molecule has 90 valence electrons. The smallest absolute Gasteiger partial charge is 0.0535 e. The second-order valence-corrected chi connectivity index (χ2v) is 6.30. The molecule has 16 heavy (non-hydrogen) atoms. The molecule has 1 saturated heterocycles. The third-order valence-corrected chi connectivity index (χ3v) is 4.10. The minimum Gasteiger partial charge on any atom is -0.297 e. The molecule has 2 heteroatoms.